The number of carboxylic acids is 1. The van der Waals surface area contributed by atoms with E-state index in [1.54, 1.807) is 28.1 Å². The second kappa shape index (κ2) is 8.71. The maximum Gasteiger partial charge on any atom is 0.317 e. The maximum absolute atomic E-state index is 12.1. The molecule has 0 aliphatic carbocycles. The number of carbonyl (C=O) groups is 2. The van der Waals surface area contributed by atoms with Gasteiger partial charge in [-0.15, -0.1) is 0 Å². The molecule has 2 N–H and O–H groups in total. The van der Waals surface area contributed by atoms with Gasteiger partial charge < -0.3 is 24.8 Å². The van der Waals surface area contributed by atoms with Gasteiger partial charge in [-0.3, -0.25) is 4.79 Å². The van der Waals surface area contributed by atoms with Crippen LogP contribution in [-0.2, 0) is 14.3 Å². The first-order chi connectivity index (χ1) is 8.82. The molecule has 7 nitrogen and oxygen atoms in total. The molecule has 0 aromatic rings. The van der Waals surface area contributed by atoms with E-state index in [1.807, 2.05) is 0 Å². The molecule has 0 spiro atoms. The summed E-state index contributed by atoms with van der Waals surface area (Å²) in [7, 11) is 3.11. The zero-order valence-corrected chi connectivity index (χ0v) is 12.1. The Balaban J connectivity index is 4.47. The average Bonchev–Trinajstić information content (AvgIpc) is 2.26. The highest BCUT2D eigenvalue weighted by atomic mass is 16.5. The molecule has 2 amide bonds. The van der Waals surface area contributed by atoms with E-state index in [4.69, 9.17) is 14.6 Å². The molecule has 0 aromatic carbocycles. The Hall–Kier alpha value is -1.34. The molecule has 0 aromatic heterocycles. The lowest BCUT2D eigenvalue weighted by Gasteiger charge is -2.29. The molecule has 0 saturated heterocycles. The quantitative estimate of drug-likeness (QED) is 0.642. The van der Waals surface area contributed by atoms with Crippen molar-refractivity contribution in [3.05, 3.63) is 0 Å². The van der Waals surface area contributed by atoms with Gasteiger partial charge in [0, 0.05) is 32.8 Å². The van der Waals surface area contributed by atoms with E-state index in [9.17, 15) is 9.59 Å². The number of carbonyl (C=O) groups excluding carboxylic acids is 1. The van der Waals surface area contributed by atoms with Gasteiger partial charge >= 0.3 is 12.0 Å². The lowest BCUT2D eigenvalue weighted by atomic mass is 10.0. The van der Waals surface area contributed by atoms with Crippen LogP contribution in [0.4, 0.5) is 4.79 Å². The maximum atomic E-state index is 12.1. The van der Waals surface area contributed by atoms with Crippen LogP contribution in [0.1, 0.15) is 20.3 Å². The van der Waals surface area contributed by atoms with Gasteiger partial charge in [-0.25, -0.2) is 4.79 Å². The van der Waals surface area contributed by atoms with E-state index in [0.717, 1.165) is 0 Å². The zero-order valence-electron chi connectivity index (χ0n) is 12.1. The molecule has 0 fully saturated rings. The molecule has 112 valence electrons. The third kappa shape index (κ3) is 8.39. The van der Waals surface area contributed by atoms with Crippen LogP contribution in [0.25, 0.3) is 0 Å². The minimum atomic E-state index is -0.953. The molecule has 19 heavy (non-hydrogen) atoms. The number of carboxylic acid groups (broad SMARTS) is 1. The van der Waals surface area contributed by atoms with Crippen LogP contribution in [0.5, 0.6) is 0 Å². The van der Waals surface area contributed by atoms with Crippen LogP contribution < -0.4 is 5.32 Å². The summed E-state index contributed by atoms with van der Waals surface area (Å²) in [6.07, 6.45) is -0.138. The Kier molecular flexibility index (Phi) is 8.09. The van der Waals surface area contributed by atoms with Gasteiger partial charge in [-0.2, -0.15) is 0 Å². The first-order valence-electron chi connectivity index (χ1n) is 6.09. The second-order valence-electron chi connectivity index (χ2n) is 4.86. The van der Waals surface area contributed by atoms with Gasteiger partial charge in [0.15, 0.2) is 0 Å². The number of methoxy groups -OCH3 is 2. The van der Waals surface area contributed by atoms with Crippen LogP contribution in [0, 0.1) is 0 Å². The number of urea groups is 1. The number of hydrogen-bond acceptors (Lipinski definition) is 4. The van der Waals surface area contributed by atoms with Gasteiger partial charge in [0.1, 0.15) is 0 Å². The fraction of sp³-hybridized carbons (Fsp3) is 0.833. The van der Waals surface area contributed by atoms with Crippen molar-refractivity contribution < 1.29 is 24.2 Å². The molecule has 0 rings (SSSR count). The standard InChI is InChI=1S/C12H24N2O5/c1-12(2,9-10(15)16)13-11(17)14(5-7-18-3)6-8-19-4/h5-9H2,1-4H3,(H,13,17)(H,15,16). The van der Waals surface area contributed by atoms with E-state index in [-0.39, 0.29) is 12.5 Å². The van der Waals surface area contributed by atoms with E-state index in [1.165, 1.54) is 4.90 Å². The van der Waals surface area contributed by atoms with Crippen molar-refractivity contribution in [2.45, 2.75) is 25.8 Å². The van der Waals surface area contributed by atoms with Crippen molar-refractivity contribution in [2.75, 3.05) is 40.5 Å². The topological polar surface area (TPSA) is 88.1 Å². The molecule has 0 unspecified atom stereocenters. The van der Waals surface area contributed by atoms with Gasteiger partial charge in [0.05, 0.1) is 19.6 Å². The Labute approximate surface area is 113 Å². The number of amides is 2. The lowest BCUT2D eigenvalue weighted by molar-refractivity contribution is -0.138. The van der Waals surface area contributed by atoms with Crippen LogP contribution >= 0.6 is 0 Å². The number of nitrogens with zero attached hydrogens (tertiary/aromatic N) is 1. The van der Waals surface area contributed by atoms with Crippen molar-refractivity contribution >= 4 is 12.0 Å². The van der Waals surface area contributed by atoms with Crippen molar-refractivity contribution in [3.63, 3.8) is 0 Å². The molecule has 0 radical (unpaired) electrons. The van der Waals surface area contributed by atoms with E-state index in [2.05, 4.69) is 5.32 Å². The molecule has 7 heteroatoms. The molecular formula is C12H24N2O5. The smallest absolute Gasteiger partial charge is 0.317 e. The third-order valence-electron chi connectivity index (χ3n) is 2.46. The summed E-state index contributed by atoms with van der Waals surface area (Å²) in [5, 5.41) is 11.5. The Bertz CT molecular complexity index is 286. The van der Waals surface area contributed by atoms with E-state index >= 15 is 0 Å². The first kappa shape index (κ1) is 17.7. The molecule has 0 aliphatic heterocycles. The summed E-state index contributed by atoms with van der Waals surface area (Å²) in [6.45, 7) is 5.02. The highest BCUT2D eigenvalue weighted by Gasteiger charge is 2.26. The fourth-order valence-corrected chi connectivity index (χ4v) is 1.51. The first-order valence-corrected chi connectivity index (χ1v) is 6.09. The van der Waals surface area contributed by atoms with Gasteiger partial charge in [-0.1, -0.05) is 0 Å². The predicted octanol–water partition coefficient (Wildman–Crippen LogP) is 0.544. The van der Waals surface area contributed by atoms with Crippen molar-refractivity contribution in [3.8, 4) is 0 Å². The molecular weight excluding hydrogens is 252 g/mol. The van der Waals surface area contributed by atoms with Crippen molar-refractivity contribution in [1.82, 2.24) is 10.2 Å². The fourth-order valence-electron chi connectivity index (χ4n) is 1.51. The summed E-state index contributed by atoms with van der Waals surface area (Å²) in [4.78, 5) is 24.3. The minimum Gasteiger partial charge on any atom is -0.481 e. The third-order valence-corrected chi connectivity index (χ3v) is 2.46. The van der Waals surface area contributed by atoms with Crippen molar-refractivity contribution in [1.29, 1.82) is 0 Å². The van der Waals surface area contributed by atoms with E-state index < -0.39 is 11.5 Å². The van der Waals surface area contributed by atoms with E-state index in [0.29, 0.717) is 26.3 Å². The molecule has 0 bridgehead atoms. The predicted molar refractivity (Wildman–Crippen MR) is 70.2 cm³/mol. The van der Waals surface area contributed by atoms with Crippen LogP contribution in [-0.4, -0.2) is 68.1 Å². The summed E-state index contributed by atoms with van der Waals surface area (Å²) in [5.74, 6) is -0.953. The highest BCUT2D eigenvalue weighted by molar-refractivity contribution is 5.76. The molecule has 0 heterocycles. The molecule has 0 saturated carbocycles. The summed E-state index contributed by atoms with van der Waals surface area (Å²) in [5.41, 5.74) is -0.804. The second-order valence-corrected chi connectivity index (χ2v) is 4.86. The largest absolute Gasteiger partial charge is 0.481 e. The number of nitrogens with one attached hydrogen (secondary N) is 1. The summed E-state index contributed by atoms with van der Waals surface area (Å²) >= 11 is 0. The Morgan fingerprint density at radius 3 is 2.00 bits per heavy atom. The number of rotatable bonds is 9. The number of hydrogen-bond donors (Lipinski definition) is 2. The number of aliphatic carboxylic acids is 1. The van der Waals surface area contributed by atoms with Gasteiger partial charge in [-0.05, 0) is 13.8 Å². The average molecular weight is 276 g/mol. The monoisotopic (exact) mass is 276 g/mol. The number of ether oxygens (including phenoxy) is 2. The van der Waals surface area contributed by atoms with Gasteiger partial charge in [0.25, 0.3) is 0 Å². The zero-order chi connectivity index (χ0) is 14.9. The summed E-state index contributed by atoms with van der Waals surface area (Å²) < 4.78 is 9.88. The van der Waals surface area contributed by atoms with Crippen LogP contribution in [0.2, 0.25) is 0 Å². The lowest BCUT2D eigenvalue weighted by Crippen LogP contribution is -2.52. The molecule has 0 aliphatic rings. The molecule has 0 atom stereocenters. The Morgan fingerprint density at radius 1 is 1.16 bits per heavy atom. The van der Waals surface area contributed by atoms with Gasteiger partial charge in [0.2, 0.25) is 0 Å². The Morgan fingerprint density at radius 2 is 1.63 bits per heavy atom. The van der Waals surface area contributed by atoms with Crippen molar-refractivity contribution in [2.24, 2.45) is 0 Å². The van der Waals surface area contributed by atoms with Crippen LogP contribution in [0.15, 0.2) is 0 Å². The highest BCUT2D eigenvalue weighted by Crippen LogP contribution is 2.09. The minimum absolute atomic E-state index is 0.138. The normalized spacial score (nSPS) is 11.2. The van der Waals surface area contributed by atoms with Crippen LogP contribution in [0.3, 0.4) is 0 Å². The summed E-state index contributed by atoms with van der Waals surface area (Å²) in [6, 6.07) is -0.319. The SMILES string of the molecule is COCCN(CCOC)C(=O)NC(C)(C)CC(=O)O.